The van der Waals surface area contributed by atoms with Crippen molar-refractivity contribution in [3.63, 3.8) is 0 Å². The van der Waals surface area contributed by atoms with Gasteiger partial charge in [0.15, 0.2) is 0 Å². The molecule has 0 unspecified atom stereocenters. The number of nitrogens with one attached hydrogen (secondary N) is 1. The lowest BCUT2D eigenvalue weighted by atomic mass is 9.99. The second kappa shape index (κ2) is 10.5. The van der Waals surface area contributed by atoms with Crippen LogP contribution in [0.1, 0.15) is 37.6 Å². The van der Waals surface area contributed by atoms with Gasteiger partial charge >= 0.3 is 6.09 Å². The number of ether oxygens (including phenoxy) is 1. The van der Waals surface area contributed by atoms with E-state index in [9.17, 15) is 9.90 Å². The molecule has 37 heavy (non-hydrogen) atoms. The Bertz CT molecular complexity index is 1250. The standard InChI is InChI=1S/C28H38N4O4Si/c1-28(2,3)37(5,6)36-22-12-10-21(11-13-22)30-24-18-29-31(4)25(24)15-17-35-26-9-7-8-20-19-32(27(33)34)16-14-23(20)26/h7-13,18,30H,14-17,19H2,1-6H3,(H,33,34). The van der Waals surface area contributed by atoms with E-state index < -0.39 is 14.4 Å². The summed E-state index contributed by atoms with van der Waals surface area (Å²) in [7, 11) is 0.0522. The summed E-state index contributed by atoms with van der Waals surface area (Å²) < 4.78 is 14.4. The van der Waals surface area contributed by atoms with Gasteiger partial charge in [-0.05, 0) is 60.4 Å². The highest BCUT2D eigenvalue weighted by Crippen LogP contribution is 2.37. The van der Waals surface area contributed by atoms with E-state index in [0.717, 1.165) is 39.7 Å². The fraction of sp³-hybridized carbons (Fsp3) is 0.429. The zero-order valence-corrected chi connectivity index (χ0v) is 23.7. The molecule has 3 aromatic rings. The molecule has 0 atom stereocenters. The van der Waals surface area contributed by atoms with Crippen molar-refractivity contribution in [2.75, 3.05) is 18.5 Å². The molecule has 0 radical (unpaired) electrons. The third-order valence-corrected chi connectivity index (χ3v) is 11.8. The number of fused-ring (bicyclic) bond motifs is 1. The van der Waals surface area contributed by atoms with Crippen LogP contribution < -0.4 is 14.5 Å². The maximum Gasteiger partial charge on any atom is 0.407 e. The van der Waals surface area contributed by atoms with Gasteiger partial charge in [0, 0.05) is 37.8 Å². The van der Waals surface area contributed by atoms with Gasteiger partial charge in [0.25, 0.3) is 0 Å². The minimum absolute atomic E-state index is 0.147. The molecule has 198 valence electrons. The van der Waals surface area contributed by atoms with Crippen LogP contribution in [0.2, 0.25) is 18.1 Å². The fourth-order valence-electron chi connectivity index (χ4n) is 4.20. The van der Waals surface area contributed by atoms with E-state index in [1.807, 2.05) is 60.4 Å². The average molecular weight is 523 g/mol. The fourth-order valence-corrected chi connectivity index (χ4v) is 5.24. The largest absolute Gasteiger partial charge is 0.544 e. The van der Waals surface area contributed by atoms with Crippen LogP contribution in [0.4, 0.5) is 16.2 Å². The van der Waals surface area contributed by atoms with Crippen molar-refractivity contribution in [2.24, 2.45) is 7.05 Å². The molecule has 0 saturated carbocycles. The van der Waals surface area contributed by atoms with Crippen molar-refractivity contribution in [1.82, 2.24) is 14.7 Å². The number of amides is 1. The highest BCUT2D eigenvalue weighted by atomic mass is 28.4. The normalized spacial score (nSPS) is 13.7. The van der Waals surface area contributed by atoms with Gasteiger partial charge in [0.05, 0.1) is 24.2 Å². The molecule has 0 saturated heterocycles. The molecule has 1 aliphatic heterocycles. The summed E-state index contributed by atoms with van der Waals surface area (Å²) in [5, 5.41) is 17.4. The number of anilines is 2. The number of aromatic nitrogens is 2. The minimum atomic E-state index is -1.88. The molecule has 2 aromatic carbocycles. The third kappa shape index (κ3) is 6.10. The molecule has 1 amide bonds. The van der Waals surface area contributed by atoms with Crippen LogP contribution in [0.15, 0.2) is 48.7 Å². The topological polar surface area (TPSA) is 88.9 Å². The first-order valence-electron chi connectivity index (χ1n) is 12.7. The van der Waals surface area contributed by atoms with Crippen molar-refractivity contribution in [3.05, 3.63) is 65.5 Å². The summed E-state index contributed by atoms with van der Waals surface area (Å²) >= 11 is 0. The Morgan fingerprint density at radius 1 is 1.16 bits per heavy atom. The van der Waals surface area contributed by atoms with E-state index in [4.69, 9.17) is 9.16 Å². The summed E-state index contributed by atoms with van der Waals surface area (Å²) in [4.78, 5) is 12.8. The molecule has 2 heterocycles. The molecule has 1 aliphatic rings. The lowest BCUT2D eigenvalue weighted by molar-refractivity contribution is 0.139. The van der Waals surface area contributed by atoms with E-state index in [0.29, 0.717) is 32.5 Å². The molecule has 2 N–H and O–H groups in total. The summed E-state index contributed by atoms with van der Waals surface area (Å²) in [6.07, 6.45) is 2.29. The predicted octanol–water partition coefficient (Wildman–Crippen LogP) is 6.21. The second-order valence-corrected chi connectivity index (χ2v) is 15.8. The van der Waals surface area contributed by atoms with Crippen LogP contribution in [0.5, 0.6) is 11.5 Å². The second-order valence-electron chi connectivity index (χ2n) is 11.1. The van der Waals surface area contributed by atoms with E-state index in [1.54, 1.807) is 0 Å². The smallest absolute Gasteiger partial charge is 0.407 e. The van der Waals surface area contributed by atoms with Crippen molar-refractivity contribution < 1.29 is 19.1 Å². The zero-order chi connectivity index (χ0) is 26.8. The zero-order valence-electron chi connectivity index (χ0n) is 22.7. The van der Waals surface area contributed by atoms with E-state index in [2.05, 4.69) is 44.3 Å². The number of benzene rings is 2. The number of carboxylic acid groups (broad SMARTS) is 1. The van der Waals surface area contributed by atoms with E-state index >= 15 is 0 Å². The Labute approximate surface area is 220 Å². The van der Waals surface area contributed by atoms with Gasteiger partial charge in [0.1, 0.15) is 11.5 Å². The number of rotatable bonds is 8. The van der Waals surface area contributed by atoms with Crippen LogP contribution in [0.3, 0.4) is 0 Å². The lowest BCUT2D eigenvalue weighted by Gasteiger charge is -2.36. The van der Waals surface area contributed by atoms with Gasteiger partial charge in [-0.1, -0.05) is 32.9 Å². The molecular formula is C28H38N4O4Si. The quantitative estimate of drug-likeness (QED) is 0.342. The first-order valence-corrected chi connectivity index (χ1v) is 15.6. The molecule has 1 aromatic heterocycles. The molecule has 4 rings (SSSR count). The number of carbonyl (C=O) groups is 1. The number of hydrogen-bond donors (Lipinski definition) is 2. The summed E-state index contributed by atoms with van der Waals surface area (Å²) in [6, 6.07) is 14.0. The van der Waals surface area contributed by atoms with E-state index in [1.165, 1.54) is 4.90 Å². The van der Waals surface area contributed by atoms with Crippen molar-refractivity contribution in [2.45, 2.75) is 58.3 Å². The summed E-state index contributed by atoms with van der Waals surface area (Å²) in [5.41, 5.74) is 5.07. The maximum absolute atomic E-state index is 11.3. The molecule has 0 aliphatic carbocycles. The van der Waals surface area contributed by atoms with Gasteiger partial charge in [-0.25, -0.2) is 4.79 Å². The third-order valence-electron chi connectivity index (χ3n) is 7.46. The van der Waals surface area contributed by atoms with Crippen LogP contribution in [-0.2, 0) is 26.4 Å². The lowest BCUT2D eigenvalue weighted by Crippen LogP contribution is -2.43. The monoisotopic (exact) mass is 522 g/mol. The maximum atomic E-state index is 11.3. The Balaban J connectivity index is 1.38. The van der Waals surface area contributed by atoms with Crippen molar-refractivity contribution >= 4 is 25.8 Å². The number of hydrogen-bond acceptors (Lipinski definition) is 5. The SMILES string of the molecule is Cn1ncc(Nc2ccc(O[Si](C)(C)C(C)(C)C)cc2)c1CCOc1cccc2c1CCN(C(=O)O)C2. The molecule has 0 bridgehead atoms. The first kappa shape index (κ1) is 26.6. The molecule has 9 heteroatoms. The van der Waals surface area contributed by atoms with Gasteiger partial charge in [-0.15, -0.1) is 0 Å². The van der Waals surface area contributed by atoms with Crippen LogP contribution in [0, 0.1) is 0 Å². The molecule has 0 spiro atoms. The summed E-state index contributed by atoms with van der Waals surface area (Å²) in [5.74, 6) is 1.73. The number of nitrogens with zero attached hydrogens (tertiary/aromatic N) is 3. The van der Waals surface area contributed by atoms with Crippen molar-refractivity contribution in [1.29, 1.82) is 0 Å². The molecule has 8 nitrogen and oxygen atoms in total. The Morgan fingerprint density at radius 2 is 1.89 bits per heavy atom. The highest BCUT2D eigenvalue weighted by Gasteiger charge is 2.38. The van der Waals surface area contributed by atoms with Gasteiger partial charge in [-0.3, -0.25) is 4.68 Å². The highest BCUT2D eigenvalue weighted by molar-refractivity contribution is 6.74. The molecular weight excluding hydrogens is 484 g/mol. The van der Waals surface area contributed by atoms with Crippen LogP contribution >= 0.6 is 0 Å². The minimum Gasteiger partial charge on any atom is -0.544 e. The van der Waals surface area contributed by atoms with Crippen LogP contribution in [0.25, 0.3) is 0 Å². The Kier molecular flexibility index (Phi) is 7.54. The predicted molar refractivity (Wildman–Crippen MR) is 149 cm³/mol. The van der Waals surface area contributed by atoms with Gasteiger partial charge in [0.2, 0.25) is 8.32 Å². The Hall–Kier alpha value is -3.46. The van der Waals surface area contributed by atoms with Gasteiger partial charge < -0.3 is 24.5 Å². The van der Waals surface area contributed by atoms with E-state index in [-0.39, 0.29) is 5.04 Å². The number of aryl methyl sites for hydroxylation is 1. The Morgan fingerprint density at radius 3 is 2.57 bits per heavy atom. The average Bonchev–Trinajstić information content (AvgIpc) is 3.18. The van der Waals surface area contributed by atoms with Crippen molar-refractivity contribution in [3.8, 4) is 11.5 Å². The molecule has 0 fully saturated rings. The first-order chi connectivity index (χ1) is 17.4. The van der Waals surface area contributed by atoms with Gasteiger partial charge in [-0.2, -0.15) is 5.10 Å². The van der Waals surface area contributed by atoms with Crippen LogP contribution in [-0.4, -0.2) is 47.3 Å². The summed E-state index contributed by atoms with van der Waals surface area (Å²) in [6.45, 7) is 12.6.